The van der Waals surface area contributed by atoms with Gasteiger partial charge in [0.05, 0.1) is 6.61 Å². The summed E-state index contributed by atoms with van der Waals surface area (Å²) in [5.74, 6) is 1.01. The number of nitrogens with zero attached hydrogens (tertiary/aromatic N) is 4. The van der Waals surface area contributed by atoms with Crippen molar-refractivity contribution in [3.8, 4) is 11.8 Å². The molecule has 0 amide bonds. The Morgan fingerprint density at radius 1 is 1.24 bits per heavy atom. The Morgan fingerprint density at radius 3 is 2.68 bits per heavy atom. The fourth-order valence-electron chi connectivity index (χ4n) is 2.47. The summed E-state index contributed by atoms with van der Waals surface area (Å²) in [7, 11) is 2.07. The zero-order valence-electron chi connectivity index (χ0n) is 15.0. The van der Waals surface area contributed by atoms with E-state index >= 15 is 0 Å². The molecular weight excluding hydrogens is 316 g/mol. The first-order valence-electron chi connectivity index (χ1n) is 8.52. The van der Waals surface area contributed by atoms with Gasteiger partial charge in [0.1, 0.15) is 6.10 Å². The van der Waals surface area contributed by atoms with Gasteiger partial charge in [0.15, 0.2) is 0 Å². The Hall–Kier alpha value is -2.47. The highest BCUT2D eigenvalue weighted by atomic mass is 16.5. The number of rotatable bonds is 11. The molecule has 2 aromatic heterocycles. The van der Waals surface area contributed by atoms with Gasteiger partial charge in [-0.15, -0.1) is 16.8 Å². The van der Waals surface area contributed by atoms with Crippen LogP contribution in [0.5, 0.6) is 11.8 Å². The Balaban J connectivity index is 1.93. The summed E-state index contributed by atoms with van der Waals surface area (Å²) in [4.78, 5) is 6.37. The highest BCUT2D eigenvalue weighted by Gasteiger charge is 2.14. The molecule has 0 aliphatic heterocycles. The fourth-order valence-corrected chi connectivity index (χ4v) is 2.47. The quantitative estimate of drug-likeness (QED) is 0.585. The first kappa shape index (κ1) is 18.9. The van der Waals surface area contributed by atoms with Crippen molar-refractivity contribution in [2.24, 2.45) is 0 Å². The lowest BCUT2D eigenvalue weighted by atomic mass is 10.1. The number of aromatic nitrogens is 3. The molecule has 0 aliphatic carbocycles. The van der Waals surface area contributed by atoms with Crippen molar-refractivity contribution in [3.05, 3.63) is 54.9 Å². The van der Waals surface area contributed by atoms with Crippen LogP contribution in [0.1, 0.15) is 25.3 Å². The van der Waals surface area contributed by atoms with E-state index in [2.05, 4.69) is 39.8 Å². The Labute approximate surface area is 149 Å². The molecule has 0 saturated carbocycles. The van der Waals surface area contributed by atoms with Gasteiger partial charge in [0, 0.05) is 37.6 Å². The summed E-state index contributed by atoms with van der Waals surface area (Å²) >= 11 is 0. The first-order chi connectivity index (χ1) is 12.2. The molecule has 0 fully saturated rings. The zero-order chi connectivity index (χ0) is 17.9. The highest BCUT2D eigenvalue weighted by Crippen LogP contribution is 2.15. The number of pyridine rings is 1. The van der Waals surface area contributed by atoms with Gasteiger partial charge in [-0.05, 0) is 38.4 Å². The van der Waals surface area contributed by atoms with E-state index in [1.165, 1.54) is 5.56 Å². The molecule has 0 spiro atoms. The van der Waals surface area contributed by atoms with E-state index in [-0.39, 0.29) is 6.10 Å². The SMILES string of the molecule is C=CCC[C@H](CN(C)Cc1cccnc1)Oc1ccc(OCC)nn1. The summed E-state index contributed by atoms with van der Waals surface area (Å²) in [6.45, 7) is 7.87. The van der Waals surface area contributed by atoms with Gasteiger partial charge in [0.25, 0.3) is 0 Å². The van der Waals surface area contributed by atoms with E-state index in [0.717, 1.165) is 25.9 Å². The summed E-state index contributed by atoms with van der Waals surface area (Å²) in [5.41, 5.74) is 1.17. The largest absolute Gasteiger partial charge is 0.477 e. The van der Waals surface area contributed by atoms with Gasteiger partial charge in [-0.1, -0.05) is 12.1 Å². The third-order valence-electron chi connectivity index (χ3n) is 3.58. The number of hydrogen-bond donors (Lipinski definition) is 0. The van der Waals surface area contributed by atoms with Crippen LogP contribution < -0.4 is 9.47 Å². The van der Waals surface area contributed by atoms with Crippen molar-refractivity contribution in [1.29, 1.82) is 0 Å². The summed E-state index contributed by atoms with van der Waals surface area (Å²) in [6.07, 6.45) is 7.33. The zero-order valence-corrected chi connectivity index (χ0v) is 15.0. The molecular formula is C19H26N4O2. The number of hydrogen-bond acceptors (Lipinski definition) is 6. The van der Waals surface area contributed by atoms with E-state index < -0.39 is 0 Å². The first-order valence-corrected chi connectivity index (χ1v) is 8.52. The van der Waals surface area contributed by atoms with Gasteiger partial charge in [-0.3, -0.25) is 9.88 Å². The maximum atomic E-state index is 6.02. The smallest absolute Gasteiger partial charge is 0.233 e. The average molecular weight is 342 g/mol. The molecule has 6 heteroatoms. The van der Waals surface area contributed by atoms with Crippen molar-refractivity contribution in [2.75, 3.05) is 20.2 Å². The van der Waals surface area contributed by atoms with Crippen molar-refractivity contribution < 1.29 is 9.47 Å². The summed E-state index contributed by atoms with van der Waals surface area (Å²) in [6, 6.07) is 7.58. The molecule has 2 rings (SSSR count). The average Bonchev–Trinajstić information content (AvgIpc) is 2.62. The lowest BCUT2D eigenvalue weighted by molar-refractivity contribution is 0.130. The van der Waals surface area contributed by atoms with Crippen LogP contribution in [0, 0.1) is 0 Å². The molecule has 2 heterocycles. The van der Waals surface area contributed by atoms with E-state index in [9.17, 15) is 0 Å². The van der Waals surface area contributed by atoms with E-state index in [1.807, 2.05) is 25.3 Å². The van der Waals surface area contributed by atoms with Gasteiger partial charge in [0.2, 0.25) is 11.8 Å². The molecule has 0 N–H and O–H groups in total. The van der Waals surface area contributed by atoms with E-state index in [4.69, 9.17) is 9.47 Å². The lowest BCUT2D eigenvalue weighted by Crippen LogP contribution is -2.33. The van der Waals surface area contributed by atoms with Crippen molar-refractivity contribution in [2.45, 2.75) is 32.4 Å². The third-order valence-corrected chi connectivity index (χ3v) is 3.58. The molecule has 2 aromatic rings. The lowest BCUT2D eigenvalue weighted by Gasteiger charge is -2.24. The molecule has 0 unspecified atom stereocenters. The van der Waals surface area contributed by atoms with E-state index in [0.29, 0.717) is 18.4 Å². The second-order valence-electron chi connectivity index (χ2n) is 5.81. The molecule has 6 nitrogen and oxygen atoms in total. The van der Waals surface area contributed by atoms with Crippen molar-refractivity contribution in [3.63, 3.8) is 0 Å². The van der Waals surface area contributed by atoms with Gasteiger partial charge < -0.3 is 9.47 Å². The molecule has 1 atom stereocenters. The van der Waals surface area contributed by atoms with Crippen LogP contribution in [0.2, 0.25) is 0 Å². The van der Waals surface area contributed by atoms with Crippen LogP contribution in [0.15, 0.2) is 49.3 Å². The maximum absolute atomic E-state index is 6.02. The second-order valence-corrected chi connectivity index (χ2v) is 5.81. The Kier molecular flexibility index (Phi) is 7.85. The topological polar surface area (TPSA) is 60.4 Å². The minimum Gasteiger partial charge on any atom is -0.477 e. The molecule has 0 bridgehead atoms. The van der Waals surface area contributed by atoms with Crippen LogP contribution in [-0.2, 0) is 6.54 Å². The molecule has 0 radical (unpaired) electrons. The van der Waals surface area contributed by atoms with Crippen LogP contribution in [0.3, 0.4) is 0 Å². The number of allylic oxidation sites excluding steroid dienone is 1. The van der Waals surface area contributed by atoms with Crippen LogP contribution in [0.25, 0.3) is 0 Å². The molecule has 0 aromatic carbocycles. The predicted octanol–water partition coefficient (Wildman–Crippen LogP) is 3.12. The molecule has 134 valence electrons. The highest BCUT2D eigenvalue weighted by molar-refractivity contribution is 5.15. The number of ether oxygens (including phenoxy) is 2. The maximum Gasteiger partial charge on any atom is 0.233 e. The van der Waals surface area contributed by atoms with Gasteiger partial charge in [-0.25, -0.2) is 0 Å². The fraction of sp³-hybridized carbons (Fsp3) is 0.421. The van der Waals surface area contributed by atoms with Crippen LogP contribution >= 0.6 is 0 Å². The monoisotopic (exact) mass is 342 g/mol. The van der Waals surface area contributed by atoms with Crippen LogP contribution in [-0.4, -0.2) is 46.4 Å². The number of likely N-dealkylation sites (N-methyl/N-ethyl adjacent to an activating group) is 1. The van der Waals surface area contributed by atoms with Crippen LogP contribution in [0.4, 0.5) is 0 Å². The van der Waals surface area contributed by atoms with Gasteiger partial charge in [-0.2, -0.15) is 0 Å². The normalized spacial score (nSPS) is 12.0. The molecule has 25 heavy (non-hydrogen) atoms. The van der Waals surface area contributed by atoms with Crippen molar-refractivity contribution in [1.82, 2.24) is 20.1 Å². The third kappa shape index (κ3) is 6.89. The summed E-state index contributed by atoms with van der Waals surface area (Å²) in [5, 5.41) is 8.09. The van der Waals surface area contributed by atoms with E-state index in [1.54, 1.807) is 18.3 Å². The predicted molar refractivity (Wildman–Crippen MR) is 97.6 cm³/mol. The standard InChI is InChI=1S/C19H26N4O2/c1-4-6-9-17(15-23(3)14-16-8-7-12-20-13-16)25-19-11-10-18(21-22-19)24-5-2/h4,7-8,10-13,17H,1,5-6,9,14-15H2,2-3H3/t17-/m1/s1. The second kappa shape index (κ2) is 10.4. The Morgan fingerprint density at radius 2 is 2.04 bits per heavy atom. The van der Waals surface area contributed by atoms with Gasteiger partial charge >= 0.3 is 0 Å². The van der Waals surface area contributed by atoms with Crippen molar-refractivity contribution >= 4 is 0 Å². The summed E-state index contributed by atoms with van der Waals surface area (Å²) < 4.78 is 11.3. The minimum atomic E-state index is 0.00640. The molecule has 0 saturated heterocycles. The minimum absolute atomic E-state index is 0.00640. The molecule has 0 aliphatic rings. The Bertz CT molecular complexity index is 619.